The van der Waals surface area contributed by atoms with E-state index in [0.717, 1.165) is 0 Å². The fraction of sp³-hybridized carbons (Fsp3) is 0.200. The Morgan fingerprint density at radius 3 is 2.73 bits per heavy atom. The molecule has 2 N–H and O–H groups in total. The van der Waals surface area contributed by atoms with Crippen LogP contribution < -0.4 is 10.8 Å². The fourth-order valence-electron chi connectivity index (χ4n) is 0.906. The van der Waals surface area contributed by atoms with Gasteiger partial charge in [0.25, 0.3) is 0 Å². The minimum atomic E-state index is -0.423. The molecule has 1 aromatic carbocycles. The van der Waals surface area contributed by atoms with Crippen LogP contribution in [0, 0.1) is 0 Å². The summed E-state index contributed by atoms with van der Waals surface area (Å²) < 4.78 is 0. The summed E-state index contributed by atoms with van der Waals surface area (Å²) in [5, 5.41) is 2.37. The zero-order chi connectivity index (χ0) is 10.9. The summed E-state index contributed by atoms with van der Waals surface area (Å²) in [6, 6.07) is 9.06. The monoisotopic (exact) mass is 208 g/mol. The molecule has 1 amide bonds. The van der Waals surface area contributed by atoms with Crippen LogP contribution in [-0.4, -0.2) is 18.9 Å². The van der Waals surface area contributed by atoms with Crippen LogP contribution in [0.3, 0.4) is 0 Å². The van der Waals surface area contributed by atoms with Crippen LogP contribution in [0.1, 0.15) is 6.42 Å². The number of hydrogen-bond donors (Lipinski definition) is 2. The number of benzene rings is 1. The Hall–Kier alpha value is -2.04. The molecule has 0 aliphatic carbocycles. The molecule has 1 rings (SSSR count). The lowest BCUT2D eigenvalue weighted by Crippen LogP contribution is -2.19. The van der Waals surface area contributed by atoms with Crippen molar-refractivity contribution in [2.24, 2.45) is 0 Å². The predicted octanol–water partition coefficient (Wildman–Crippen LogP) is 0.693. The van der Waals surface area contributed by atoms with Crippen molar-refractivity contribution in [2.45, 2.75) is 6.42 Å². The summed E-state index contributed by atoms with van der Waals surface area (Å²) in [5.74, 6) is -0.423. The SMILES string of the molecule is O=CNCCC(=O)ONc1ccccc1. The number of hydrogen-bond acceptors (Lipinski definition) is 4. The summed E-state index contributed by atoms with van der Waals surface area (Å²) in [4.78, 5) is 25.7. The molecule has 5 heteroatoms. The highest BCUT2D eigenvalue weighted by molar-refractivity contribution is 5.71. The molecule has 0 spiro atoms. The number of carbonyl (C=O) groups is 2. The van der Waals surface area contributed by atoms with Crippen LogP contribution in [0.4, 0.5) is 5.69 Å². The Kier molecular flexibility index (Phi) is 4.72. The lowest BCUT2D eigenvalue weighted by atomic mass is 10.3. The van der Waals surface area contributed by atoms with Crippen molar-refractivity contribution in [3.8, 4) is 0 Å². The first kappa shape index (κ1) is 11.0. The van der Waals surface area contributed by atoms with Gasteiger partial charge in [0.1, 0.15) is 0 Å². The molecule has 0 aromatic heterocycles. The van der Waals surface area contributed by atoms with Crippen molar-refractivity contribution in [1.29, 1.82) is 0 Å². The Bertz CT molecular complexity index is 314. The second-order valence-corrected chi connectivity index (χ2v) is 2.76. The quantitative estimate of drug-likeness (QED) is 0.410. The van der Waals surface area contributed by atoms with E-state index in [1.807, 2.05) is 18.2 Å². The van der Waals surface area contributed by atoms with Gasteiger partial charge in [-0.3, -0.25) is 4.79 Å². The summed E-state index contributed by atoms with van der Waals surface area (Å²) in [7, 11) is 0. The lowest BCUT2D eigenvalue weighted by molar-refractivity contribution is -0.140. The number of anilines is 1. The van der Waals surface area contributed by atoms with Gasteiger partial charge in [0.05, 0.1) is 12.1 Å². The van der Waals surface area contributed by atoms with E-state index in [4.69, 9.17) is 4.84 Å². The van der Waals surface area contributed by atoms with Gasteiger partial charge in [-0.25, -0.2) is 10.3 Å². The third-order valence-electron chi connectivity index (χ3n) is 1.61. The second-order valence-electron chi connectivity index (χ2n) is 2.76. The topological polar surface area (TPSA) is 67.4 Å². The minimum absolute atomic E-state index is 0.137. The molecule has 0 aliphatic heterocycles. The zero-order valence-electron chi connectivity index (χ0n) is 8.10. The lowest BCUT2D eigenvalue weighted by Gasteiger charge is -2.05. The van der Waals surface area contributed by atoms with Crippen LogP contribution in [0.25, 0.3) is 0 Å². The van der Waals surface area contributed by atoms with Crippen LogP contribution >= 0.6 is 0 Å². The summed E-state index contributed by atoms with van der Waals surface area (Å²) >= 11 is 0. The molecule has 0 bridgehead atoms. The molecule has 0 atom stereocenters. The number of nitrogens with one attached hydrogen (secondary N) is 2. The molecule has 0 aliphatic rings. The molecule has 0 heterocycles. The minimum Gasteiger partial charge on any atom is -0.358 e. The first-order valence-corrected chi connectivity index (χ1v) is 4.50. The second kappa shape index (κ2) is 6.42. The van der Waals surface area contributed by atoms with E-state index in [9.17, 15) is 9.59 Å². The molecule has 5 nitrogen and oxygen atoms in total. The fourth-order valence-corrected chi connectivity index (χ4v) is 0.906. The molecule has 1 aromatic rings. The number of carbonyl (C=O) groups excluding carboxylic acids is 2. The van der Waals surface area contributed by atoms with Crippen molar-refractivity contribution in [1.82, 2.24) is 5.32 Å². The summed E-state index contributed by atoms with van der Waals surface area (Å²) in [6.07, 6.45) is 0.677. The maximum Gasteiger partial charge on any atom is 0.333 e. The van der Waals surface area contributed by atoms with E-state index in [1.165, 1.54) is 0 Å². The van der Waals surface area contributed by atoms with Crippen molar-refractivity contribution >= 4 is 18.1 Å². The molecule has 0 saturated heterocycles. The maximum absolute atomic E-state index is 11.1. The highest BCUT2D eigenvalue weighted by Gasteiger charge is 2.01. The first-order valence-electron chi connectivity index (χ1n) is 4.50. The van der Waals surface area contributed by atoms with Gasteiger partial charge < -0.3 is 10.2 Å². The van der Waals surface area contributed by atoms with Gasteiger partial charge in [0.2, 0.25) is 6.41 Å². The molecule has 0 saturated carbocycles. The third-order valence-corrected chi connectivity index (χ3v) is 1.61. The molecule has 0 fully saturated rings. The van der Waals surface area contributed by atoms with E-state index >= 15 is 0 Å². The highest BCUT2D eigenvalue weighted by atomic mass is 16.7. The Balaban J connectivity index is 2.20. The van der Waals surface area contributed by atoms with Crippen molar-refractivity contribution in [3.63, 3.8) is 0 Å². The van der Waals surface area contributed by atoms with Crippen molar-refractivity contribution in [2.75, 3.05) is 12.0 Å². The Morgan fingerprint density at radius 2 is 2.07 bits per heavy atom. The molecule has 0 unspecified atom stereocenters. The van der Waals surface area contributed by atoms with Gasteiger partial charge in [-0.15, -0.1) is 0 Å². The summed E-state index contributed by atoms with van der Waals surface area (Å²) in [5.41, 5.74) is 3.21. The Labute approximate surface area is 87.4 Å². The van der Waals surface area contributed by atoms with Crippen LogP contribution in [0.2, 0.25) is 0 Å². The van der Waals surface area contributed by atoms with Crippen LogP contribution in [-0.2, 0) is 14.4 Å². The smallest absolute Gasteiger partial charge is 0.333 e. The van der Waals surface area contributed by atoms with E-state index in [2.05, 4.69) is 10.8 Å². The number of para-hydroxylation sites is 1. The zero-order valence-corrected chi connectivity index (χ0v) is 8.10. The van der Waals surface area contributed by atoms with E-state index in [1.54, 1.807) is 12.1 Å². The van der Waals surface area contributed by atoms with Gasteiger partial charge in [-0.1, -0.05) is 18.2 Å². The van der Waals surface area contributed by atoms with E-state index < -0.39 is 5.97 Å². The van der Waals surface area contributed by atoms with E-state index in [0.29, 0.717) is 12.1 Å². The van der Waals surface area contributed by atoms with Gasteiger partial charge >= 0.3 is 5.97 Å². The normalized spacial score (nSPS) is 9.07. The average molecular weight is 208 g/mol. The van der Waals surface area contributed by atoms with E-state index in [-0.39, 0.29) is 13.0 Å². The Morgan fingerprint density at radius 1 is 1.33 bits per heavy atom. The predicted molar refractivity (Wildman–Crippen MR) is 54.8 cm³/mol. The van der Waals surface area contributed by atoms with Gasteiger partial charge in [-0.05, 0) is 12.1 Å². The molecule has 15 heavy (non-hydrogen) atoms. The van der Waals surface area contributed by atoms with Gasteiger partial charge in [-0.2, -0.15) is 0 Å². The standard InChI is InChI=1S/C10H12N2O3/c13-8-11-7-6-10(14)15-12-9-4-2-1-3-5-9/h1-5,8,12H,6-7H2,(H,11,13). The van der Waals surface area contributed by atoms with Crippen LogP contribution in [0.15, 0.2) is 30.3 Å². The third kappa shape index (κ3) is 4.66. The van der Waals surface area contributed by atoms with Crippen LogP contribution in [0.5, 0.6) is 0 Å². The first-order chi connectivity index (χ1) is 7.33. The largest absolute Gasteiger partial charge is 0.358 e. The summed E-state index contributed by atoms with van der Waals surface area (Å²) in [6.45, 7) is 0.277. The average Bonchev–Trinajstić information content (AvgIpc) is 2.28. The maximum atomic E-state index is 11.1. The number of rotatable bonds is 6. The molecule has 0 radical (unpaired) electrons. The van der Waals surface area contributed by atoms with Crippen molar-refractivity contribution in [3.05, 3.63) is 30.3 Å². The van der Waals surface area contributed by atoms with Gasteiger partial charge in [0, 0.05) is 6.54 Å². The molecule has 80 valence electrons. The van der Waals surface area contributed by atoms with Crippen molar-refractivity contribution < 1.29 is 14.4 Å². The highest BCUT2D eigenvalue weighted by Crippen LogP contribution is 2.04. The molecular formula is C10H12N2O3. The molecular weight excluding hydrogens is 196 g/mol. The number of amides is 1. The van der Waals surface area contributed by atoms with Gasteiger partial charge in [0.15, 0.2) is 0 Å².